The first-order chi connectivity index (χ1) is 5.96. The number of amides is 1. The lowest BCUT2D eigenvalue weighted by atomic mass is 9.88. The summed E-state index contributed by atoms with van der Waals surface area (Å²) in [5, 5.41) is 1.24. The highest BCUT2D eigenvalue weighted by atomic mass is 16.5. The molecule has 1 unspecified atom stereocenters. The van der Waals surface area contributed by atoms with Gasteiger partial charge in [-0.15, -0.1) is 0 Å². The summed E-state index contributed by atoms with van der Waals surface area (Å²) >= 11 is 0. The molecular formula is C9H18N2O2. The van der Waals surface area contributed by atoms with Gasteiger partial charge in [0.15, 0.2) is 0 Å². The van der Waals surface area contributed by atoms with Gasteiger partial charge in [0.1, 0.15) is 0 Å². The number of rotatable bonds is 1. The highest BCUT2D eigenvalue weighted by molar-refractivity contribution is 5.76. The lowest BCUT2D eigenvalue weighted by Gasteiger charge is -2.31. The minimum absolute atomic E-state index is 0.0336. The van der Waals surface area contributed by atoms with Gasteiger partial charge in [-0.2, -0.15) is 0 Å². The van der Waals surface area contributed by atoms with Crippen molar-refractivity contribution in [2.75, 3.05) is 13.2 Å². The Hall–Kier alpha value is -0.610. The lowest BCUT2D eigenvalue weighted by molar-refractivity contribution is -0.134. The van der Waals surface area contributed by atoms with Crippen LogP contribution in [0.3, 0.4) is 0 Å². The van der Waals surface area contributed by atoms with E-state index in [9.17, 15) is 4.79 Å². The zero-order valence-corrected chi connectivity index (χ0v) is 8.54. The number of ether oxygens (including phenoxy) is 1. The number of carbonyl (C=O) groups is 1. The number of nitrogens with two attached hydrogens (primary N) is 1. The second-order valence-electron chi connectivity index (χ2n) is 4.08. The van der Waals surface area contributed by atoms with Gasteiger partial charge in [0.2, 0.25) is 5.91 Å². The molecule has 4 heteroatoms. The highest BCUT2D eigenvalue weighted by Gasteiger charge is 2.35. The molecular weight excluding hydrogens is 168 g/mol. The van der Waals surface area contributed by atoms with Crippen molar-refractivity contribution in [3.8, 4) is 0 Å². The number of hydrogen-bond acceptors (Lipinski definition) is 3. The molecule has 13 heavy (non-hydrogen) atoms. The van der Waals surface area contributed by atoms with Crippen LogP contribution in [0, 0.1) is 5.92 Å². The molecule has 0 aromatic carbocycles. The third kappa shape index (κ3) is 2.19. The Morgan fingerprint density at radius 3 is 2.77 bits per heavy atom. The third-order valence-corrected chi connectivity index (χ3v) is 2.81. The van der Waals surface area contributed by atoms with Gasteiger partial charge in [-0.05, 0) is 12.8 Å². The fourth-order valence-electron chi connectivity index (χ4n) is 1.33. The number of hydrogen-bond donors (Lipinski definition) is 1. The van der Waals surface area contributed by atoms with Crippen molar-refractivity contribution in [3.05, 3.63) is 0 Å². The fraction of sp³-hybridized carbons (Fsp3) is 0.889. The maximum atomic E-state index is 11.5. The molecule has 1 atom stereocenters. The molecule has 1 heterocycles. The summed E-state index contributed by atoms with van der Waals surface area (Å²) in [5.41, 5.74) is -0.356. The highest BCUT2D eigenvalue weighted by Crippen LogP contribution is 2.27. The Morgan fingerprint density at radius 1 is 1.62 bits per heavy atom. The predicted molar refractivity (Wildman–Crippen MR) is 49.7 cm³/mol. The summed E-state index contributed by atoms with van der Waals surface area (Å²) in [4.78, 5) is 11.5. The molecule has 76 valence electrons. The van der Waals surface area contributed by atoms with Crippen LogP contribution in [0.4, 0.5) is 0 Å². The Balaban J connectivity index is 2.74. The van der Waals surface area contributed by atoms with E-state index in [2.05, 4.69) is 13.8 Å². The van der Waals surface area contributed by atoms with Crippen molar-refractivity contribution >= 4 is 5.91 Å². The summed E-state index contributed by atoms with van der Waals surface area (Å²) in [6.07, 6.45) is 0.376. The molecule has 1 saturated heterocycles. The van der Waals surface area contributed by atoms with Crippen LogP contribution in [0.15, 0.2) is 0 Å². The molecule has 0 aromatic heterocycles. The van der Waals surface area contributed by atoms with Gasteiger partial charge in [0.05, 0.1) is 25.2 Å². The van der Waals surface area contributed by atoms with Crippen molar-refractivity contribution in [2.45, 2.75) is 32.8 Å². The zero-order chi connectivity index (χ0) is 10.1. The molecule has 1 aliphatic heterocycles. The van der Waals surface area contributed by atoms with Crippen molar-refractivity contribution in [1.82, 2.24) is 5.01 Å². The van der Waals surface area contributed by atoms with Crippen LogP contribution in [0.5, 0.6) is 0 Å². The Labute approximate surface area is 79.0 Å². The Bertz CT molecular complexity index is 206. The average molecular weight is 186 g/mol. The maximum absolute atomic E-state index is 11.5. The average Bonchev–Trinajstić information content (AvgIpc) is 2.14. The van der Waals surface area contributed by atoms with Crippen LogP contribution in [0.25, 0.3) is 0 Å². The van der Waals surface area contributed by atoms with Crippen molar-refractivity contribution in [2.24, 2.45) is 11.8 Å². The fourth-order valence-corrected chi connectivity index (χ4v) is 1.33. The van der Waals surface area contributed by atoms with E-state index in [0.29, 0.717) is 25.5 Å². The van der Waals surface area contributed by atoms with Gasteiger partial charge in [0.25, 0.3) is 0 Å². The van der Waals surface area contributed by atoms with E-state index in [-0.39, 0.29) is 11.5 Å². The summed E-state index contributed by atoms with van der Waals surface area (Å²) in [6, 6.07) is 0. The largest absolute Gasteiger partial charge is 0.373 e. The van der Waals surface area contributed by atoms with Crippen LogP contribution in [0.2, 0.25) is 0 Å². The molecule has 4 nitrogen and oxygen atoms in total. The van der Waals surface area contributed by atoms with Gasteiger partial charge < -0.3 is 4.74 Å². The van der Waals surface area contributed by atoms with E-state index < -0.39 is 0 Å². The molecule has 0 bridgehead atoms. The van der Waals surface area contributed by atoms with E-state index in [4.69, 9.17) is 10.6 Å². The number of nitrogens with zero attached hydrogens (tertiary/aromatic N) is 1. The van der Waals surface area contributed by atoms with E-state index >= 15 is 0 Å². The molecule has 0 aromatic rings. The zero-order valence-electron chi connectivity index (χ0n) is 8.54. The van der Waals surface area contributed by atoms with Gasteiger partial charge in [0, 0.05) is 0 Å². The smallest absolute Gasteiger partial charge is 0.239 e. The normalized spacial score (nSPS) is 30.8. The van der Waals surface area contributed by atoms with Gasteiger partial charge >= 0.3 is 0 Å². The first-order valence-corrected chi connectivity index (χ1v) is 4.65. The lowest BCUT2D eigenvalue weighted by Crippen LogP contribution is -2.40. The minimum Gasteiger partial charge on any atom is -0.373 e. The quantitative estimate of drug-likeness (QED) is 0.480. The van der Waals surface area contributed by atoms with Crippen LogP contribution in [0.1, 0.15) is 27.2 Å². The summed E-state index contributed by atoms with van der Waals surface area (Å²) < 4.78 is 5.65. The van der Waals surface area contributed by atoms with Crippen LogP contribution in [-0.4, -0.2) is 29.7 Å². The van der Waals surface area contributed by atoms with Crippen molar-refractivity contribution in [3.63, 3.8) is 0 Å². The molecule has 1 fully saturated rings. The van der Waals surface area contributed by atoms with E-state index in [1.165, 1.54) is 5.01 Å². The number of hydrazine groups is 1. The summed E-state index contributed by atoms with van der Waals surface area (Å²) in [7, 11) is 0. The van der Waals surface area contributed by atoms with Crippen LogP contribution >= 0.6 is 0 Å². The Kier molecular flexibility index (Phi) is 2.93. The first kappa shape index (κ1) is 10.5. The second kappa shape index (κ2) is 3.64. The van der Waals surface area contributed by atoms with E-state index in [1.54, 1.807) is 0 Å². The summed E-state index contributed by atoms with van der Waals surface area (Å²) in [6.45, 7) is 7.09. The number of carbonyl (C=O) groups excluding carboxylic acids is 1. The molecule has 1 rings (SSSR count). The van der Waals surface area contributed by atoms with Crippen LogP contribution in [-0.2, 0) is 9.53 Å². The molecule has 2 N–H and O–H groups in total. The molecule has 0 aliphatic carbocycles. The van der Waals surface area contributed by atoms with Crippen molar-refractivity contribution in [1.29, 1.82) is 0 Å². The second-order valence-corrected chi connectivity index (χ2v) is 4.08. The van der Waals surface area contributed by atoms with E-state index in [1.807, 2.05) is 6.92 Å². The monoisotopic (exact) mass is 186 g/mol. The molecule has 0 saturated carbocycles. The molecule has 1 aliphatic rings. The van der Waals surface area contributed by atoms with Gasteiger partial charge in [-0.3, -0.25) is 9.80 Å². The van der Waals surface area contributed by atoms with Crippen LogP contribution < -0.4 is 5.84 Å². The van der Waals surface area contributed by atoms with Gasteiger partial charge in [-0.1, -0.05) is 13.8 Å². The molecule has 0 radical (unpaired) electrons. The van der Waals surface area contributed by atoms with Gasteiger partial charge in [-0.25, -0.2) is 5.84 Å². The first-order valence-electron chi connectivity index (χ1n) is 4.65. The topological polar surface area (TPSA) is 55.6 Å². The van der Waals surface area contributed by atoms with Crippen molar-refractivity contribution < 1.29 is 9.53 Å². The SMILES string of the molecule is CC(C)C1(C)CC(=O)N(N)CCO1. The van der Waals surface area contributed by atoms with E-state index in [0.717, 1.165) is 0 Å². The maximum Gasteiger partial charge on any atom is 0.239 e. The standard InChI is InChI=1S/C9H18N2O2/c1-7(2)9(3)6-8(12)11(10)4-5-13-9/h7H,4-6,10H2,1-3H3. The molecule has 0 spiro atoms. The molecule has 1 amide bonds. The Morgan fingerprint density at radius 2 is 2.23 bits per heavy atom. The third-order valence-electron chi connectivity index (χ3n) is 2.81. The summed E-state index contributed by atoms with van der Waals surface area (Å²) in [5.74, 6) is 5.79. The minimum atomic E-state index is -0.356. The predicted octanol–water partition coefficient (Wildman–Crippen LogP) is 0.524.